The maximum atomic E-state index is 11.9. The summed E-state index contributed by atoms with van der Waals surface area (Å²) in [6.07, 6.45) is 1.62. The van der Waals surface area contributed by atoms with Gasteiger partial charge in [-0.1, -0.05) is 18.2 Å². The number of aryl methyl sites for hydroxylation is 1. The number of esters is 1. The largest absolute Gasteiger partial charge is 0.491 e. The van der Waals surface area contributed by atoms with Crippen molar-refractivity contribution in [1.82, 2.24) is 10.2 Å². The molecule has 0 radical (unpaired) electrons. The van der Waals surface area contributed by atoms with Crippen LogP contribution in [-0.4, -0.2) is 56.2 Å². The van der Waals surface area contributed by atoms with Gasteiger partial charge in [-0.3, -0.25) is 4.79 Å². The molecule has 1 N–H and O–H groups in total. The van der Waals surface area contributed by atoms with Crippen molar-refractivity contribution in [2.45, 2.75) is 33.6 Å². The highest BCUT2D eigenvalue weighted by Gasteiger charge is 2.27. The van der Waals surface area contributed by atoms with Crippen LogP contribution in [-0.2, 0) is 9.53 Å². The number of likely N-dealkylation sites (tertiary alicyclic amines) is 1. The van der Waals surface area contributed by atoms with E-state index in [4.69, 9.17) is 9.47 Å². The molecule has 0 aliphatic carbocycles. The van der Waals surface area contributed by atoms with Crippen LogP contribution >= 0.6 is 24.0 Å². The summed E-state index contributed by atoms with van der Waals surface area (Å²) in [6.45, 7) is 9.97. The normalized spacial score (nSPS) is 15.1. The molecule has 1 fully saturated rings. The highest BCUT2D eigenvalue weighted by Crippen LogP contribution is 2.19. The highest BCUT2D eigenvalue weighted by atomic mass is 127. The fourth-order valence-corrected chi connectivity index (χ4v) is 3.04. The molecule has 7 heteroatoms. The molecule has 6 nitrogen and oxygen atoms in total. The van der Waals surface area contributed by atoms with Gasteiger partial charge in [0.05, 0.1) is 19.1 Å². The molecule has 2 rings (SSSR count). The summed E-state index contributed by atoms with van der Waals surface area (Å²) in [5, 5.41) is 3.34. The van der Waals surface area contributed by atoms with Crippen LogP contribution in [0.2, 0.25) is 0 Å². The smallest absolute Gasteiger partial charge is 0.309 e. The summed E-state index contributed by atoms with van der Waals surface area (Å²) in [5.74, 6) is 1.74. The number of rotatable bonds is 7. The van der Waals surface area contributed by atoms with E-state index in [2.05, 4.69) is 22.1 Å². The predicted molar refractivity (Wildman–Crippen MR) is 119 cm³/mol. The lowest BCUT2D eigenvalue weighted by molar-refractivity contribution is -0.149. The summed E-state index contributed by atoms with van der Waals surface area (Å²) in [6, 6.07) is 7.99. The highest BCUT2D eigenvalue weighted by molar-refractivity contribution is 14.0. The number of benzene rings is 1. The van der Waals surface area contributed by atoms with Crippen LogP contribution in [0.3, 0.4) is 0 Å². The summed E-state index contributed by atoms with van der Waals surface area (Å²) >= 11 is 0. The number of hydrogen-bond donors (Lipinski definition) is 1. The van der Waals surface area contributed by atoms with E-state index in [0.717, 1.165) is 49.7 Å². The number of para-hydroxylation sites is 1. The minimum atomic E-state index is -0.0688. The van der Waals surface area contributed by atoms with Crippen LogP contribution in [0.25, 0.3) is 0 Å². The molecule has 0 aromatic heterocycles. The number of halogens is 1. The van der Waals surface area contributed by atoms with Gasteiger partial charge < -0.3 is 19.7 Å². The van der Waals surface area contributed by atoms with Gasteiger partial charge in [0.25, 0.3) is 0 Å². The summed E-state index contributed by atoms with van der Waals surface area (Å²) < 4.78 is 10.9. The number of hydrogen-bond acceptors (Lipinski definition) is 4. The number of aliphatic imine (C=N–C) groups is 1. The predicted octanol–water partition coefficient (Wildman–Crippen LogP) is 3.23. The van der Waals surface area contributed by atoms with Crippen LogP contribution < -0.4 is 10.1 Å². The topological polar surface area (TPSA) is 63.2 Å². The second-order valence-electron chi connectivity index (χ2n) is 6.36. The van der Waals surface area contributed by atoms with Gasteiger partial charge in [0, 0.05) is 19.6 Å². The lowest BCUT2D eigenvalue weighted by Crippen LogP contribution is -2.46. The summed E-state index contributed by atoms with van der Waals surface area (Å²) in [7, 11) is 0. The third-order valence-corrected chi connectivity index (χ3v) is 4.45. The maximum Gasteiger partial charge on any atom is 0.309 e. The van der Waals surface area contributed by atoms with E-state index < -0.39 is 0 Å². The molecule has 0 unspecified atom stereocenters. The molecule has 1 aromatic rings. The quantitative estimate of drug-likeness (QED) is 0.210. The van der Waals surface area contributed by atoms with Crippen molar-refractivity contribution in [2.75, 3.05) is 39.4 Å². The molecule has 1 heterocycles. The Labute approximate surface area is 179 Å². The fraction of sp³-hybridized carbons (Fsp3) is 0.600. The summed E-state index contributed by atoms with van der Waals surface area (Å²) in [4.78, 5) is 18.8. The van der Waals surface area contributed by atoms with Crippen LogP contribution in [0.4, 0.5) is 0 Å². The molecule has 0 atom stereocenters. The van der Waals surface area contributed by atoms with Crippen LogP contribution in [0, 0.1) is 12.8 Å². The third kappa shape index (κ3) is 7.56. The Hall–Kier alpha value is -1.51. The Balaban J connectivity index is 0.00000364. The average Bonchev–Trinajstić information content (AvgIpc) is 2.66. The number of ether oxygens (including phenoxy) is 2. The van der Waals surface area contributed by atoms with Gasteiger partial charge >= 0.3 is 5.97 Å². The minimum absolute atomic E-state index is 0. The molecule has 0 bridgehead atoms. The molecule has 1 saturated heterocycles. The van der Waals surface area contributed by atoms with E-state index >= 15 is 0 Å². The van der Waals surface area contributed by atoms with Crippen molar-refractivity contribution in [3.05, 3.63) is 29.8 Å². The van der Waals surface area contributed by atoms with Crippen LogP contribution in [0.15, 0.2) is 29.3 Å². The van der Waals surface area contributed by atoms with Crippen molar-refractivity contribution >= 4 is 35.9 Å². The van der Waals surface area contributed by atoms with E-state index in [0.29, 0.717) is 19.8 Å². The van der Waals surface area contributed by atoms with Crippen molar-refractivity contribution in [3.63, 3.8) is 0 Å². The molecular weight excluding hydrogens is 457 g/mol. The standard InChI is InChI=1S/C20H31N3O3.HI/c1-4-21-20(22-12-15-26-18-9-7-6-8-16(18)3)23-13-10-17(11-14-23)19(24)25-5-2;/h6-9,17H,4-5,10-15H2,1-3H3,(H,21,22);1H. The zero-order chi connectivity index (χ0) is 18.8. The SMILES string of the molecule is CCNC(=NCCOc1ccccc1C)N1CCC(C(=O)OCC)CC1.I. The zero-order valence-electron chi connectivity index (χ0n) is 16.6. The average molecular weight is 489 g/mol. The molecule has 27 heavy (non-hydrogen) atoms. The Morgan fingerprint density at radius 3 is 2.59 bits per heavy atom. The third-order valence-electron chi connectivity index (χ3n) is 4.45. The number of carbonyl (C=O) groups is 1. The molecule has 0 amide bonds. The first-order valence-corrected chi connectivity index (χ1v) is 9.54. The molecule has 1 aromatic carbocycles. The lowest BCUT2D eigenvalue weighted by atomic mass is 9.97. The number of guanidine groups is 1. The summed E-state index contributed by atoms with van der Waals surface area (Å²) in [5.41, 5.74) is 1.13. The Bertz CT molecular complexity index is 602. The second kappa shape index (κ2) is 12.8. The van der Waals surface area contributed by atoms with E-state index in [1.54, 1.807) is 0 Å². The van der Waals surface area contributed by atoms with Crippen LogP contribution in [0.1, 0.15) is 32.3 Å². The van der Waals surface area contributed by atoms with Gasteiger partial charge in [-0.2, -0.15) is 0 Å². The number of piperidine rings is 1. The number of nitrogens with one attached hydrogen (secondary N) is 1. The van der Waals surface area contributed by atoms with Crippen molar-refractivity contribution in [1.29, 1.82) is 0 Å². The second-order valence-corrected chi connectivity index (χ2v) is 6.36. The van der Waals surface area contributed by atoms with Crippen molar-refractivity contribution < 1.29 is 14.3 Å². The van der Waals surface area contributed by atoms with Crippen LogP contribution in [0.5, 0.6) is 5.75 Å². The Kier molecular flexibility index (Phi) is 11.2. The van der Waals surface area contributed by atoms with E-state index in [1.165, 1.54) is 0 Å². The van der Waals surface area contributed by atoms with Gasteiger partial charge in [0.2, 0.25) is 0 Å². The lowest BCUT2D eigenvalue weighted by Gasteiger charge is -2.33. The molecule has 0 saturated carbocycles. The van der Waals surface area contributed by atoms with Gasteiger partial charge in [0.1, 0.15) is 12.4 Å². The molecular formula is C20H32IN3O3. The Morgan fingerprint density at radius 2 is 1.96 bits per heavy atom. The van der Waals surface area contributed by atoms with E-state index in [1.807, 2.05) is 38.1 Å². The first kappa shape index (κ1) is 23.5. The van der Waals surface area contributed by atoms with E-state index in [9.17, 15) is 4.79 Å². The molecule has 1 aliphatic rings. The van der Waals surface area contributed by atoms with Gasteiger partial charge in [0.15, 0.2) is 5.96 Å². The number of nitrogens with zero attached hydrogens (tertiary/aromatic N) is 2. The minimum Gasteiger partial charge on any atom is -0.491 e. The number of carbonyl (C=O) groups excluding carboxylic acids is 1. The molecule has 152 valence electrons. The zero-order valence-corrected chi connectivity index (χ0v) is 18.9. The fourth-order valence-electron chi connectivity index (χ4n) is 3.04. The van der Waals surface area contributed by atoms with E-state index in [-0.39, 0.29) is 35.9 Å². The molecule has 1 aliphatic heterocycles. The maximum absolute atomic E-state index is 11.9. The van der Waals surface area contributed by atoms with Crippen molar-refractivity contribution in [3.8, 4) is 5.75 Å². The van der Waals surface area contributed by atoms with Gasteiger partial charge in [-0.05, 0) is 45.2 Å². The van der Waals surface area contributed by atoms with Gasteiger partial charge in [-0.15, -0.1) is 24.0 Å². The molecule has 0 spiro atoms. The van der Waals surface area contributed by atoms with Gasteiger partial charge in [-0.25, -0.2) is 4.99 Å². The Morgan fingerprint density at radius 1 is 1.26 bits per heavy atom. The van der Waals surface area contributed by atoms with Crippen molar-refractivity contribution in [2.24, 2.45) is 10.9 Å². The first-order chi connectivity index (χ1) is 12.7. The first-order valence-electron chi connectivity index (χ1n) is 9.54. The monoisotopic (exact) mass is 489 g/mol.